The molecule has 0 amide bonds. The number of nitrogen functional groups attached to an aromatic ring is 1. The highest BCUT2D eigenvalue weighted by molar-refractivity contribution is 5.48. The van der Waals surface area contributed by atoms with Crippen molar-refractivity contribution in [1.29, 1.82) is 0 Å². The van der Waals surface area contributed by atoms with E-state index in [9.17, 15) is 17.6 Å². The minimum Gasteiger partial charge on any atom is -0.396 e. The Balaban J connectivity index is 2.96. The normalized spacial score (nSPS) is 11.7. The van der Waals surface area contributed by atoms with E-state index in [2.05, 4.69) is 0 Å². The zero-order chi connectivity index (χ0) is 10.1. The first-order chi connectivity index (χ1) is 5.90. The summed E-state index contributed by atoms with van der Waals surface area (Å²) in [6.07, 6.45) is -5.56. The summed E-state index contributed by atoms with van der Waals surface area (Å²) < 4.78 is 48.3. The third-order valence-corrected chi connectivity index (χ3v) is 1.53. The first-order valence-corrected chi connectivity index (χ1v) is 3.50. The number of rotatable bonds is 1. The van der Waals surface area contributed by atoms with Gasteiger partial charge < -0.3 is 5.73 Å². The Hall–Kier alpha value is -1.26. The van der Waals surface area contributed by atoms with Gasteiger partial charge in [-0.15, -0.1) is 0 Å². The van der Waals surface area contributed by atoms with Gasteiger partial charge in [0.2, 0.25) is 0 Å². The summed E-state index contributed by atoms with van der Waals surface area (Å²) in [7, 11) is 0. The molecule has 0 aliphatic rings. The van der Waals surface area contributed by atoms with Crippen LogP contribution in [0.5, 0.6) is 0 Å². The molecule has 2 N–H and O–H groups in total. The molecule has 1 nitrogen and oxygen atoms in total. The van der Waals surface area contributed by atoms with Gasteiger partial charge in [-0.2, -0.15) is 13.2 Å². The van der Waals surface area contributed by atoms with Crippen molar-refractivity contribution < 1.29 is 17.6 Å². The third kappa shape index (κ3) is 2.61. The average molecular weight is 193 g/mol. The summed E-state index contributed by atoms with van der Waals surface area (Å²) in [4.78, 5) is 0. The maximum atomic E-state index is 12.7. The van der Waals surface area contributed by atoms with Crippen molar-refractivity contribution in [2.24, 2.45) is 0 Å². The summed E-state index contributed by atoms with van der Waals surface area (Å²) in [6.45, 7) is 0. The van der Waals surface area contributed by atoms with Crippen LogP contribution in [0.1, 0.15) is 5.56 Å². The number of para-hydroxylation sites is 1. The zero-order valence-corrected chi connectivity index (χ0v) is 6.53. The molecule has 1 rings (SSSR count). The minimum absolute atomic E-state index is 0.229. The van der Waals surface area contributed by atoms with Crippen LogP contribution in [0.25, 0.3) is 0 Å². The van der Waals surface area contributed by atoms with Gasteiger partial charge in [0.05, 0.1) is 12.1 Å². The molecule has 0 radical (unpaired) electrons. The van der Waals surface area contributed by atoms with Crippen molar-refractivity contribution in [2.45, 2.75) is 12.6 Å². The molecule has 0 aromatic heterocycles. The van der Waals surface area contributed by atoms with Crippen LogP contribution < -0.4 is 5.73 Å². The molecule has 1 aromatic carbocycles. The van der Waals surface area contributed by atoms with E-state index in [0.717, 1.165) is 12.1 Å². The van der Waals surface area contributed by atoms with E-state index < -0.39 is 24.1 Å². The Morgan fingerprint density at radius 2 is 1.85 bits per heavy atom. The minimum atomic E-state index is -4.36. The molecule has 0 saturated carbocycles. The summed E-state index contributed by atoms with van der Waals surface area (Å²) in [6, 6.07) is 3.38. The van der Waals surface area contributed by atoms with Gasteiger partial charge in [-0.05, 0) is 11.6 Å². The summed E-state index contributed by atoms with van der Waals surface area (Å²) in [5.74, 6) is -0.818. The largest absolute Gasteiger partial charge is 0.396 e. The van der Waals surface area contributed by atoms with E-state index in [0.29, 0.717) is 0 Å². The van der Waals surface area contributed by atoms with Crippen molar-refractivity contribution in [3.05, 3.63) is 29.6 Å². The molecular formula is C8H7F4N. The van der Waals surface area contributed by atoms with Crippen molar-refractivity contribution in [1.82, 2.24) is 0 Å². The predicted octanol–water partition coefficient (Wildman–Crippen LogP) is 2.51. The summed E-state index contributed by atoms with van der Waals surface area (Å²) >= 11 is 0. The third-order valence-electron chi connectivity index (χ3n) is 1.53. The summed E-state index contributed by atoms with van der Waals surface area (Å²) in [5.41, 5.74) is 4.45. The van der Waals surface area contributed by atoms with Crippen LogP contribution in [0.4, 0.5) is 23.2 Å². The molecule has 0 spiro atoms. The standard InChI is InChI=1S/C8H7F4N/c9-6-3-1-2-5(7(6)13)4-8(10,11)12/h1-3H,4,13H2. The topological polar surface area (TPSA) is 26.0 Å². The second kappa shape index (κ2) is 3.24. The maximum absolute atomic E-state index is 12.7. The van der Waals surface area contributed by atoms with Gasteiger partial charge in [-0.3, -0.25) is 0 Å². The van der Waals surface area contributed by atoms with Gasteiger partial charge in [0, 0.05) is 0 Å². The number of hydrogen-bond acceptors (Lipinski definition) is 1. The molecule has 0 heterocycles. The highest BCUT2D eigenvalue weighted by atomic mass is 19.4. The van der Waals surface area contributed by atoms with Crippen molar-refractivity contribution in [2.75, 3.05) is 5.73 Å². The quantitative estimate of drug-likeness (QED) is 0.538. The van der Waals surface area contributed by atoms with Gasteiger partial charge in [0.25, 0.3) is 0 Å². The van der Waals surface area contributed by atoms with Gasteiger partial charge in [-0.25, -0.2) is 4.39 Å². The molecule has 0 aliphatic carbocycles. The van der Waals surface area contributed by atoms with Crippen LogP contribution in [0.3, 0.4) is 0 Å². The van der Waals surface area contributed by atoms with E-state index in [1.807, 2.05) is 0 Å². The lowest BCUT2D eigenvalue weighted by Crippen LogP contribution is -2.13. The molecule has 72 valence electrons. The predicted molar refractivity (Wildman–Crippen MR) is 40.6 cm³/mol. The van der Waals surface area contributed by atoms with E-state index in [4.69, 9.17) is 5.73 Å². The van der Waals surface area contributed by atoms with Gasteiger partial charge in [0.1, 0.15) is 5.82 Å². The fourth-order valence-electron chi connectivity index (χ4n) is 0.952. The van der Waals surface area contributed by atoms with Crippen LogP contribution in [0, 0.1) is 5.82 Å². The van der Waals surface area contributed by atoms with E-state index in [1.54, 1.807) is 0 Å². The van der Waals surface area contributed by atoms with Gasteiger partial charge in [0.15, 0.2) is 0 Å². The van der Waals surface area contributed by atoms with Crippen molar-refractivity contribution in [3.8, 4) is 0 Å². The van der Waals surface area contributed by atoms with Crippen LogP contribution in [0.15, 0.2) is 18.2 Å². The number of alkyl halides is 3. The number of nitrogens with two attached hydrogens (primary N) is 1. The number of hydrogen-bond donors (Lipinski definition) is 1. The second-order valence-corrected chi connectivity index (χ2v) is 2.60. The van der Waals surface area contributed by atoms with E-state index in [-0.39, 0.29) is 5.56 Å². The molecule has 5 heteroatoms. The highest BCUT2D eigenvalue weighted by Crippen LogP contribution is 2.25. The van der Waals surface area contributed by atoms with Gasteiger partial charge in [-0.1, -0.05) is 12.1 Å². The van der Waals surface area contributed by atoms with Crippen LogP contribution in [-0.2, 0) is 6.42 Å². The fraction of sp³-hybridized carbons (Fsp3) is 0.250. The molecule has 13 heavy (non-hydrogen) atoms. The Labute approximate surface area is 72.2 Å². The van der Waals surface area contributed by atoms with Crippen LogP contribution in [0.2, 0.25) is 0 Å². The Morgan fingerprint density at radius 1 is 1.23 bits per heavy atom. The SMILES string of the molecule is Nc1c(F)cccc1CC(F)(F)F. The number of anilines is 1. The monoisotopic (exact) mass is 193 g/mol. The second-order valence-electron chi connectivity index (χ2n) is 2.60. The average Bonchev–Trinajstić information content (AvgIpc) is 1.96. The first kappa shape index (κ1) is 9.83. The lowest BCUT2D eigenvalue weighted by atomic mass is 10.1. The highest BCUT2D eigenvalue weighted by Gasteiger charge is 2.28. The van der Waals surface area contributed by atoms with Crippen molar-refractivity contribution in [3.63, 3.8) is 0 Å². The molecule has 0 unspecified atom stereocenters. The van der Waals surface area contributed by atoms with Crippen molar-refractivity contribution >= 4 is 5.69 Å². The molecule has 0 atom stereocenters. The van der Waals surface area contributed by atoms with Crippen LogP contribution in [-0.4, -0.2) is 6.18 Å². The Kier molecular flexibility index (Phi) is 2.45. The smallest absolute Gasteiger partial charge is 0.393 e. The lowest BCUT2D eigenvalue weighted by Gasteiger charge is -2.08. The number of halogens is 4. The molecule has 0 saturated heterocycles. The molecule has 1 aromatic rings. The van der Waals surface area contributed by atoms with E-state index in [1.165, 1.54) is 6.07 Å². The van der Waals surface area contributed by atoms with Gasteiger partial charge >= 0.3 is 6.18 Å². The first-order valence-electron chi connectivity index (χ1n) is 3.50. The fourth-order valence-corrected chi connectivity index (χ4v) is 0.952. The number of benzene rings is 1. The molecule has 0 bridgehead atoms. The summed E-state index contributed by atoms with van der Waals surface area (Å²) in [5, 5.41) is 0. The lowest BCUT2D eigenvalue weighted by molar-refractivity contribution is -0.127. The van der Waals surface area contributed by atoms with E-state index >= 15 is 0 Å². The Morgan fingerprint density at radius 3 is 2.38 bits per heavy atom. The Bertz CT molecular complexity index is 306. The maximum Gasteiger partial charge on any atom is 0.393 e. The zero-order valence-electron chi connectivity index (χ0n) is 6.53. The molecular weight excluding hydrogens is 186 g/mol. The van der Waals surface area contributed by atoms with Crippen LogP contribution >= 0.6 is 0 Å². The molecule has 0 aliphatic heterocycles. The molecule has 0 fully saturated rings.